The second-order valence-electron chi connectivity index (χ2n) is 7.58. The summed E-state index contributed by atoms with van der Waals surface area (Å²) in [4.78, 5) is 12.9. The number of hydrogen-bond acceptors (Lipinski definition) is 6. The summed E-state index contributed by atoms with van der Waals surface area (Å²) in [6.45, 7) is 4.76. The predicted octanol–water partition coefficient (Wildman–Crippen LogP) is 4.28. The Morgan fingerprint density at radius 3 is 2.53 bits per heavy atom. The van der Waals surface area contributed by atoms with Gasteiger partial charge in [0.15, 0.2) is 11.5 Å². The summed E-state index contributed by atoms with van der Waals surface area (Å²) in [5.41, 5.74) is 1.69. The maximum atomic E-state index is 12.8. The fourth-order valence-electron chi connectivity index (χ4n) is 3.59. The zero-order valence-corrected chi connectivity index (χ0v) is 19.8. The van der Waals surface area contributed by atoms with E-state index in [2.05, 4.69) is 5.32 Å². The lowest BCUT2D eigenvalue weighted by Crippen LogP contribution is -2.30. The van der Waals surface area contributed by atoms with Crippen LogP contribution in [0.4, 0.5) is 5.69 Å². The summed E-state index contributed by atoms with van der Waals surface area (Å²) in [7, 11) is -3.65. The minimum absolute atomic E-state index is 0.0923. The lowest BCUT2D eigenvalue weighted by Gasteiger charge is -2.18. The molecule has 0 bridgehead atoms. The monoisotopic (exact) mass is 482 g/mol. The van der Waals surface area contributed by atoms with Gasteiger partial charge in [-0.25, -0.2) is 8.42 Å². The van der Waals surface area contributed by atoms with Gasteiger partial charge in [0, 0.05) is 30.4 Å². The number of ether oxygens (including phenoxy) is 3. The summed E-state index contributed by atoms with van der Waals surface area (Å²) in [5.74, 6) is 1.57. The molecule has 0 radical (unpaired) electrons. The van der Waals surface area contributed by atoms with Crippen molar-refractivity contribution in [2.45, 2.75) is 25.3 Å². The van der Waals surface area contributed by atoms with Crippen LogP contribution >= 0.6 is 0 Å². The fourth-order valence-corrected chi connectivity index (χ4v) is 5.09. The van der Waals surface area contributed by atoms with E-state index in [4.69, 9.17) is 14.2 Å². The molecule has 0 spiro atoms. The number of rotatable bonds is 9. The van der Waals surface area contributed by atoms with Crippen molar-refractivity contribution in [2.75, 3.05) is 25.2 Å². The van der Waals surface area contributed by atoms with Gasteiger partial charge < -0.3 is 19.5 Å². The van der Waals surface area contributed by atoms with E-state index < -0.39 is 15.9 Å². The number of fused-ring (bicyclic) bond motifs is 1. The van der Waals surface area contributed by atoms with Crippen LogP contribution in [-0.2, 0) is 16.6 Å². The lowest BCUT2D eigenvalue weighted by atomic mass is 10.2. The molecule has 0 saturated carbocycles. The van der Waals surface area contributed by atoms with Crippen molar-refractivity contribution in [1.82, 2.24) is 4.31 Å². The van der Waals surface area contributed by atoms with E-state index in [0.717, 1.165) is 5.56 Å². The Labute approximate surface area is 199 Å². The smallest absolute Gasteiger partial charge is 0.255 e. The molecule has 3 aromatic carbocycles. The van der Waals surface area contributed by atoms with Crippen LogP contribution < -0.4 is 19.5 Å². The molecule has 178 valence electrons. The fraction of sp³-hybridized carbons (Fsp3) is 0.240. The van der Waals surface area contributed by atoms with Gasteiger partial charge in [0.2, 0.25) is 16.8 Å². The van der Waals surface area contributed by atoms with Gasteiger partial charge in [-0.2, -0.15) is 4.31 Å². The Balaban J connectivity index is 1.43. The quantitative estimate of drug-likeness (QED) is 0.489. The van der Waals surface area contributed by atoms with Crippen molar-refractivity contribution in [3.8, 4) is 17.2 Å². The van der Waals surface area contributed by atoms with Crippen LogP contribution in [0.3, 0.4) is 0 Å². The van der Waals surface area contributed by atoms with E-state index in [1.54, 1.807) is 56.3 Å². The second-order valence-corrected chi connectivity index (χ2v) is 9.51. The lowest BCUT2D eigenvalue weighted by molar-refractivity contribution is 0.102. The van der Waals surface area contributed by atoms with E-state index in [1.807, 2.05) is 12.1 Å². The normalized spacial score (nSPS) is 12.6. The van der Waals surface area contributed by atoms with Crippen LogP contribution in [0.1, 0.15) is 29.8 Å². The maximum Gasteiger partial charge on any atom is 0.255 e. The van der Waals surface area contributed by atoms with Gasteiger partial charge >= 0.3 is 0 Å². The van der Waals surface area contributed by atoms with Crippen molar-refractivity contribution in [2.24, 2.45) is 0 Å². The summed E-state index contributed by atoms with van der Waals surface area (Å²) >= 11 is 0. The Hall–Kier alpha value is -3.56. The highest BCUT2D eigenvalue weighted by atomic mass is 32.2. The van der Waals surface area contributed by atoms with Crippen LogP contribution in [0.2, 0.25) is 0 Å². The number of sulfonamides is 1. The van der Waals surface area contributed by atoms with E-state index in [-0.39, 0.29) is 17.3 Å². The molecule has 0 fully saturated rings. The highest BCUT2D eigenvalue weighted by molar-refractivity contribution is 7.89. The number of benzene rings is 3. The zero-order chi connectivity index (χ0) is 24.1. The minimum atomic E-state index is -3.65. The third kappa shape index (κ3) is 5.16. The highest BCUT2D eigenvalue weighted by Crippen LogP contribution is 2.35. The number of nitrogens with one attached hydrogen (secondary N) is 1. The molecule has 0 aliphatic carbocycles. The second kappa shape index (κ2) is 10.1. The van der Waals surface area contributed by atoms with Gasteiger partial charge in [-0.3, -0.25) is 4.79 Å². The topological polar surface area (TPSA) is 94.2 Å². The summed E-state index contributed by atoms with van der Waals surface area (Å²) in [5, 5.41) is 2.83. The van der Waals surface area contributed by atoms with Crippen LogP contribution in [0, 0.1) is 0 Å². The van der Waals surface area contributed by atoms with Crippen molar-refractivity contribution in [3.63, 3.8) is 0 Å². The highest BCUT2D eigenvalue weighted by Gasteiger charge is 2.22. The number of hydrogen-bond donors (Lipinski definition) is 1. The summed E-state index contributed by atoms with van der Waals surface area (Å²) < 4.78 is 43.4. The SMILES string of the molecule is CCN(CC)S(=O)(=O)c1cccc(C(=O)Nc2cccc(COc3ccc4c(c3)OCO4)c2)c1. The molecule has 4 rings (SSSR count). The van der Waals surface area contributed by atoms with Crippen LogP contribution in [0.5, 0.6) is 17.2 Å². The Morgan fingerprint density at radius 1 is 0.971 bits per heavy atom. The number of anilines is 1. The molecule has 1 heterocycles. The number of nitrogens with zero attached hydrogens (tertiary/aromatic N) is 1. The third-order valence-electron chi connectivity index (χ3n) is 5.37. The van der Waals surface area contributed by atoms with E-state index >= 15 is 0 Å². The van der Waals surface area contributed by atoms with Gasteiger partial charge in [-0.05, 0) is 48.0 Å². The molecule has 9 heteroatoms. The van der Waals surface area contributed by atoms with Crippen molar-refractivity contribution in [1.29, 1.82) is 0 Å². The van der Waals surface area contributed by atoms with Crippen LogP contribution in [0.15, 0.2) is 71.6 Å². The third-order valence-corrected chi connectivity index (χ3v) is 7.42. The number of amides is 1. The van der Waals surface area contributed by atoms with Crippen molar-refractivity contribution < 1.29 is 27.4 Å². The molecule has 3 aromatic rings. The van der Waals surface area contributed by atoms with Crippen LogP contribution in [0.25, 0.3) is 0 Å². The maximum absolute atomic E-state index is 12.8. The first-order chi connectivity index (χ1) is 16.4. The summed E-state index contributed by atoms with van der Waals surface area (Å²) in [6.07, 6.45) is 0. The molecular weight excluding hydrogens is 456 g/mol. The van der Waals surface area contributed by atoms with E-state index in [9.17, 15) is 13.2 Å². The minimum Gasteiger partial charge on any atom is -0.489 e. The molecule has 0 atom stereocenters. The van der Waals surface area contributed by atoms with Crippen molar-refractivity contribution >= 4 is 21.6 Å². The Morgan fingerprint density at radius 2 is 1.74 bits per heavy atom. The number of carbonyl (C=O) groups is 1. The summed E-state index contributed by atoms with van der Waals surface area (Å²) in [6, 6.07) is 18.7. The average Bonchev–Trinajstić information content (AvgIpc) is 3.32. The molecule has 0 aromatic heterocycles. The van der Waals surface area contributed by atoms with E-state index in [1.165, 1.54) is 16.4 Å². The Bertz CT molecular complexity index is 1290. The number of carbonyl (C=O) groups excluding carboxylic acids is 1. The largest absolute Gasteiger partial charge is 0.489 e. The van der Waals surface area contributed by atoms with Gasteiger partial charge in [-0.15, -0.1) is 0 Å². The predicted molar refractivity (Wildman–Crippen MR) is 128 cm³/mol. The molecule has 1 aliphatic heterocycles. The van der Waals surface area contributed by atoms with Crippen molar-refractivity contribution in [3.05, 3.63) is 77.9 Å². The van der Waals surface area contributed by atoms with Gasteiger partial charge in [0.05, 0.1) is 4.90 Å². The molecule has 0 unspecified atom stereocenters. The Kier molecular flexibility index (Phi) is 7.04. The van der Waals surface area contributed by atoms with Gasteiger partial charge in [0.25, 0.3) is 5.91 Å². The first kappa shape index (κ1) is 23.6. The van der Waals surface area contributed by atoms with E-state index in [0.29, 0.717) is 42.6 Å². The molecule has 1 N–H and O–H groups in total. The molecule has 1 amide bonds. The molecule has 8 nitrogen and oxygen atoms in total. The standard InChI is InChI=1S/C25H26N2O6S/c1-3-27(4-2)34(29,30)22-10-6-8-19(14-22)25(28)26-20-9-5-7-18(13-20)16-31-21-11-12-23-24(15-21)33-17-32-23/h5-15H,3-4,16-17H2,1-2H3,(H,26,28). The van der Waals surface area contributed by atoms with Gasteiger partial charge in [-0.1, -0.05) is 32.0 Å². The zero-order valence-electron chi connectivity index (χ0n) is 19.0. The van der Waals surface area contributed by atoms with Gasteiger partial charge in [0.1, 0.15) is 12.4 Å². The average molecular weight is 483 g/mol. The van der Waals surface area contributed by atoms with Crippen LogP contribution in [-0.4, -0.2) is 38.5 Å². The molecular formula is C25H26N2O6S. The molecule has 0 saturated heterocycles. The molecule has 1 aliphatic rings. The molecule has 34 heavy (non-hydrogen) atoms. The first-order valence-electron chi connectivity index (χ1n) is 10.9. The first-order valence-corrected chi connectivity index (χ1v) is 12.4.